The van der Waals surface area contributed by atoms with Crippen LogP contribution in [0.15, 0.2) is 0 Å². The van der Waals surface area contributed by atoms with Crippen molar-refractivity contribution >= 4 is 0 Å². The van der Waals surface area contributed by atoms with Crippen molar-refractivity contribution < 1.29 is 4.74 Å². The van der Waals surface area contributed by atoms with Gasteiger partial charge in [0, 0.05) is 0 Å². The lowest BCUT2D eigenvalue weighted by molar-refractivity contribution is 0.279. The smallest absolute Gasteiger partial charge is 0.0943 e. The maximum Gasteiger partial charge on any atom is 0.0943 e. The van der Waals surface area contributed by atoms with Crippen LogP contribution in [-0.2, 0) is 4.74 Å². The third-order valence-electron chi connectivity index (χ3n) is 2.47. The average molecular weight is 128 g/mol. The van der Waals surface area contributed by atoms with Gasteiger partial charge in [0.25, 0.3) is 0 Å². The van der Waals surface area contributed by atoms with Crippen LogP contribution in [0.4, 0.5) is 0 Å². The molecule has 54 valence electrons. The molecule has 1 heterocycles. The van der Waals surface area contributed by atoms with Crippen LogP contribution in [0.25, 0.3) is 0 Å². The van der Waals surface area contributed by atoms with E-state index < -0.39 is 0 Å². The zero-order valence-electron chi connectivity index (χ0n) is 6.61. The summed E-state index contributed by atoms with van der Waals surface area (Å²) < 4.78 is 5.55. The summed E-state index contributed by atoms with van der Waals surface area (Å²) in [4.78, 5) is 0. The van der Waals surface area contributed by atoms with E-state index in [0.29, 0.717) is 11.7 Å². The molecule has 1 rings (SSSR count). The quantitative estimate of drug-likeness (QED) is 0.531. The van der Waals surface area contributed by atoms with Gasteiger partial charge in [-0.1, -0.05) is 20.8 Å². The van der Waals surface area contributed by atoms with E-state index in [1.165, 1.54) is 19.3 Å². The highest BCUT2D eigenvalue weighted by atomic mass is 16.6. The number of rotatable bonds is 3. The molecular weight excluding hydrogens is 112 g/mol. The van der Waals surface area contributed by atoms with Crippen LogP contribution >= 0.6 is 0 Å². The number of hydrogen-bond donors (Lipinski definition) is 0. The van der Waals surface area contributed by atoms with Gasteiger partial charge in [0.2, 0.25) is 0 Å². The SMILES string of the molecule is CCC1OC1(CC)CC. The second kappa shape index (κ2) is 2.30. The van der Waals surface area contributed by atoms with E-state index in [4.69, 9.17) is 4.74 Å². The highest BCUT2D eigenvalue weighted by molar-refractivity contribution is 4.99. The minimum Gasteiger partial charge on any atom is -0.366 e. The molecule has 0 amide bonds. The Hall–Kier alpha value is -0.0400. The van der Waals surface area contributed by atoms with Crippen LogP contribution in [-0.4, -0.2) is 11.7 Å². The van der Waals surface area contributed by atoms with Crippen molar-refractivity contribution in [2.24, 2.45) is 0 Å². The van der Waals surface area contributed by atoms with Gasteiger partial charge < -0.3 is 4.74 Å². The van der Waals surface area contributed by atoms with Gasteiger partial charge in [-0.25, -0.2) is 0 Å². The fraction of sp³-hybridized carbons (Fsp3) is 1.00. The first-order chi connectivity index (χ1) is 4.29. The highest BCUT2D eigenvalue weighted by Gasteiger charge is 2.51. The second-order valence-corrected chi connectivity index (χ2v) is 2.79. The van der Waals surface area contributed by atoms with E-state index in [1.54, 1.807) is 0 Å². The van der Waals surface area contributed by atoms with Crippen molar-refractivity contribution in [3.8, 4) is 0 Å². The fourth-order valence-electron chi connectivity index (χ4n) is 1.58. The van der Waals surface area contributed by atoms with Crippen molar-refractivity contribution in [1.29, 1.82) is 0 Å². The van der Waals surface area contributed by atoms with E-state index in [0.717, 1.165) is 0 Å². The van der Waals surface area contributed by atoms with Gasteiger partial charge >= 0.3 is 0 Å². The van der Waals surface area contributed by atoms with Crippen LogP contribution in [0.1, 0.15) is 40.0 Å². The zero-order valence-corrected chi connectivity index (χ0v) is 6.61. The van der Waals surface area contributed by atoms with Gasteiger partial charge in [-0.15, -0.1) is 0 Å². The largest absolute Gasteiger partial charge is 0.366 e. The Morgan fingerprint density at radius 1 is 1.22 bits per heavy atom. The molecule has 1 unspecified atom stereocenters. The van der Waals surface area contributed by atoms with E-state index in [9.17, 15) is 0 Å². The van der Waals surface area contributed by atoms with Gasteiger partial charge in [-0.3, -0.25) is 0 Å². The summed E-state index contributed by atoms with van der Waals surface area (Å²) in [5.41, 5.74) is 0.300. The van der Waals surface area contributed by atoms with Crippen LogP contribution in [0.2, 0.25) is 0 Å². The zero-order chi connectivity index (χ0) is 6.91. The normalized spacial score (nSPS) is 30.3. The molecule has 0 aromatic carbocycles. The van der Waals surface area contributed by atoms with Gasteiger partial charge in [-0.05, 0) is 19.3 Å². The Bertz CT molecular complexity index is 94.7. The number of epoxide rings is 1. The minimum atomic E-state index is 0.300. The molecule has 1 atom stereocenters. The Labute approximate surface area is 57.4 Å². The first-order valence-electron chi connectivity index (χ1n) is 3.97. The monoisotopic (exact) mass is 128 g/mol. The first kappa shape index (κ1) is 7.07. The summed E-state index contributed by atoms with van der Waals surface area (Å²) >= 11 is 0. The summed E-state index contributed by atoms with van der Waals surface area (Å²) in [6.07, 6.45) is 4.12. The molecule has 1 aliphatic heterocycles. The summed E-state index contributed by atoms with van der Waals surface area (Å²) in [5.74, 6) is 0. The maximum atomic E-state index is 5.55. The third-order valence-corrected chi connectivity index (χ3v) is 2.47. The Balaban J connectivity index is 2.37. The standard InChI is InChI=1S/C8H16O/c1-4-7-8(5-2,6-3)9-7/h7H,4-6H2,1-3H3. The van der Waals surface area contributed by atoms with Crippen LogP contribution in [0.5, 0.6) is 0 Å². The van der Waals surface area contributed by atoms with E-state index in [-0.39, 0.29) is 0 Å². The van der Waals surface area contributed by atoms with Gasteiger partial charge in [0.05, 0.1) is 11.7 Å². The Morgan fingerprint density at radius 3 is 1.89 bits per heavy atom. The van der Waals surface area contributed by atoms with Crippen molar-refractivity contribution in [2.75, 3.05) is 0 Å². The van der Waals surface area contributed by atoms with Crippen LogP contribution < -0.4 is 0 Å². The fourth-order valence-corrected chi connectivity index (χ4v) is 1.58. The molecule has 0 bridgehead atoms. The molecule has 1 nitrogen and oxygen atoms in total. The van der Waals surface area contributed by atoms with E-state index in [2.05, 4.69) is 20.8 Å². The average Bonchev–Trinajstić information content (AvgIpc) is 2.63. The molecule has 1 fully saturated rings. The van der Waals surface area contributed by atoms with Crippen molar-refractivity contribution in [3.63, 3.8) is 0 Å². The Morgan fingerprint density at radius 2 is 1.78 bits per heavy atom. The summed E-state index contributed by atoms with van der Waals surface area (Å²) in [7, 11) is 0. The molecule has 0 N–H and O–H groups in total. The molecule has 1 heteroatoms. The van der Waals surface area contributed by atoms with E-state index in [1.807, 2.05) is 0 Å². The topological polar surface area (TPSA) is 12.5 Å². The number of ether oxygens (including phenoxy) is 1. The molecule has 0 aromatic rings. The van der Waals surface area contributed by atoms with Crippen molar-refractivity contribution in [3.05, 3.63) is 0 Å². The molecule has 0 radical (unpaired) electrons. The predicted molar refractivity (Wildman–Crippen MR) is 38.5 cm³/mol. The Kier molecular flexibility index (Phi) is 1.80. The lowest BCUT2D eigenvalue weighted by Crippen LogP contribution is -2.11. The molecule has 0 spiro atoms. The van der Waals surface area contributed by atoms with Gasteiger partial charge in [0.15, 0.2) is 0 Å². The predicted octanol–water partition coefficient (Wildman–Crippen LogP) is 2.35. The third kappa shape index (κ3) is 0.983. The number of hydrogen-bond acceptors (Lipinski definition) is 1. The molecule has 9 heavy (non-hydrogen) atoms. The molecule has 1 aliphatic rings. The van der Waals surface area contributed by atoms with Crippen LogP contribution in [0.3, 0.4) is 0 Å². The molecule has 0 aliphatic carbocycles. The summed E-state index contributed by atoms with van der Waals surface area (Å²) in [6, 6.07) is 0. The minimum absolute atomic E-state index is 0.300. The lowest BCUT2D eigenvalue weighted by atomic mass is 9.98. The summed E-state index contributed by atoms with van der Waals surface area (Å²) in [5, 5.41) is 0. The van der Waals surface area contributed by atoms with Crippen LogP contribution in [0, 0.1) is 0 Å². The summed E-state index contributed by atoms with van der Waals surface area (Å²) in [6.45, 7) is 6.61. The van der Waals surface area contributed by atoms with E-state index >= 15 is 0 Å². The molecule has 1 saturated heterocycles. The molecule has 0 aromatic heterocycles. The highest BCUT2D eigenvalue weighted by Crippen LogP contribution is 2.44. The molecular formula is C8H16O. The lowest BCUT2D eigenvalue weighted by Gasteiger charge is -2.03. The first-order valence-corrected chi connectivity index (χ1v) is 3.97. The van der Waals surface area contributed by atoms with Gasteiger partial charge in [-0.2, -0.15) is 0 Å². The second-order valence-electron chi connectivity index (χ2n) is 2.79. The van der Waals surface area contributed by atoms with Crippen molar-refractivity contribution in [2.45, 2.75) is 51.7 Å². The van der Waals surface area contributed by atoms with Crippen molar-refractivity contribution in [1.82, 2.24) is 0 Å². The molecule has 0 saturated carbocycles. The van der Waals surface area contributed by atoms with Gasteiger partial charge in [0.1, 0.15) is 0 Å². The maximum absolute atomic E-state index is 5.55.